The van der Waals surface area contributed by atoms with E-state index in [0.29, 0.717) is 0 Å². The van der Waals surface area contributed by atoms with Crippen LogP contribution in [0.25, 0.3) is 0 Å². The molecule has 1 aromatic carbocycles. The van der Waals surface area contributed by atoms with Crippen molar-refractivity contribution in [3.8, 4) is 0 Å². The van der Waals surface area contributed by atoms with Gasteiger partial charge in [0.05, 0.1) is 0 Å². The third-order valence-electron chi connectivity index (χ3n) is 3.52. The summed E-state index contributed by atoms with van der Waals surface area (Å²) in [5.41, 5.74) is 3.17. The van der Waals surface area contributed by atoms with E-state index in [-0.39, 0.29) is 0 Å². The third kappa shape index (κ3) is 2.44. The molecule has 1 aliphatic carbocycles. The molecule has 0 radical (unpaired) electrons. The van der Waals surface area contributed by atoms with Crippen molar-refractivity contribution in [1.82, 2.24) is 0 Å². The average molecular weight is 267 g/mol. The summed E-state index contributed by atoms with van der Waals surface area (Å²) in [6, 6.07) is 6.83. The lowest BCUT2D eigenvalue weighted by atomic mass is 9.84. The summed E-state index contributed by atoms with van der Waals surface area (Å²) in [7, 11) is 0. The molecule has 2 rings (SSSR count). The summed E-state index contributed by atoms with van der Waals surface area (Å²) < 4.78 is 1.23. The van der Waals surface area contributed by atoms with Crippen LogP contribution in [0.1, 0.15) is 50.2 Å². The third-order valence-corrected chi connectivity index (χ3v) is 4.02. The fraction of sp³-hybridized carbons (Fsp3) is 0.571. The number of halogens is 1. The maximum absolute atomic E-state index is 3.59. The molecule has 0 saturated heterocycles. The lowest BCUT2D eigenvalue weighted by Gasteiger charge is -2.21. The number of aryl methyl sites for hydroxylation is 1. The van der Waals surface area contributed by atoms with Gasteiger partial charge in [-0.3, -0.25) is 0 Å². The molecule has 1 aromatic rings. The minimum Gasteiger partial charge on any atom is -0.0622 e. The Balaban J connectivity index is 2.42. The molecule has 0 bridgehead atoms. The van der Waals surface area contributed by atoms with Crippen LogP contribution in [0.5, 0.6) is 0 Å². The quantitative estimate of drug-likeness (QED) is 0.634. The van der Waals surface area contributed by atoms with E-state index in [0.717, 1.165) is 11.8 Å². The predicted octanol–water partition coefficient (Wildman–Crippen LogP) is 4.92. The summed E-state index contributed by atoms with van der Waals surface area (Å²) in [4.78, 5) is 0. The maximum atomic E-state index is 3.59. The summed E-state index contributed by atoms with van der Waals surface area (Å²) in [6.45, 7) is 4.70. The minimum absolute atomic E-state index is 0.760. The standard InChI is InChI=1S/C14H19Br/c1-10(2)13-6-4-3-5-11-7-8-12(15)9-14(11)13/h7-10,13H,3-6H2,1-2H3. The molecule has 0 amide bonds. The van der Waals surface area contributed by atoms with Crippen molar-refractivity contribution in [2.75, 3.05) is 0 Å². The molecule has 1 atom stereocenters. The zero-order valence-electron chi connectivity index (χ0n) is 9.59. The molecular weight excluding hydrogens is 248 g/mol. The molecule has 82 valence electrons. The van der Waals surface area contributed by atoms with E-state index >= 15 is 0 Å². The van der Waals surface area contributed by atoms with Crippen molar-refractivity contribution < 1.29 is 0 Å². The van der Waals surface area contributed by atoms with Gasteiger partial charge in [0, 0.05) is 4.47 Å². The second-order valence-corrected chi connectivity index (χ2v) is 5.86. The summed E-state index contributed by atoms with van der Waals surface area (Å²) >= 11 is 3.59. The van der Waals surface area contributed by atoms with Gasteiger partial charge in [-0.25, -0.2) is 0 Å². The fourth-order valence-electron chi connectivity index (χ4n) is 2.67. The van der Waals surface area contributed by atoms with E-state index in [1.807, 2.05) is 0 Å². The Morgan fingerprint density at radius 2 is 2.07 bits per heavy atom. The second kappa shape index (κ2) is 4.69. The summed E-state index contributed by atoms with van der Waals surface area (Å²) in [6.07, 6.45) is 5.37. The average Bonchev–Trinajstić information content (AvgIpc) is 2.39. The van der Waals surface area contributed by atoms with Gasteiger partial charge < -0.3 is 0 Å². The number of benzene rings is 1. The first-order chi connectivity index (χ1) is 7.18. The van der Waals surface area contributed by atoms with Crippen molar-refractivity contribution in [2.45, 2.75) is 45.4 Å². The highest BCUT2D eigenvalue weighted by molar-refractivity contribution is 9.10. The molecule has 0 spiro atoms. The van der Waals surface area contributed by atoms with Crippen LogP contribution in [0.4, 0.5) is 0 Å². The van der Waals surface area contributed by atoms with Gasteiger partial charge in [0.25, 0.3) is 0 Å². The Kier molecular flexibility index (Phi) is 3.50. The van der Waals surface area contributed by atoms with E-state index in [1.165, 1.54) is 30.2 Å². The van der Waals surface area contributed by atoms with Crippen molar-refractivity contribution in [1.29, 1.82) is 0 Å². The molecule has 0 saturated carbocycles. The van der Waals surface area contributed by atoms with E-state index in [1.54, 1.807) is 11.1 Å². The molecule has 1 heteroatoms. The van der Waals surface area contributed by atoms with Crippen LogP contribution in [0.3, 0.4) is 0 Å². The van der Waals surface area contributed by atoms with Gasteiger partial charge in [-0.05, 0) is 54.4 Å². The van der Waals surface area contributed by atoms with Gasteiger partial charge in [-0.2, -0.15) is 0 Å². The van der Waals surface area contributed by atoms with Gasteiger partial charge in [0.15, 0.2) is 0 Å². The Labute approximate surface area is 101 Å². The molecule has 1 aliphatic rings. The summed E-state index contributed by atoms with van der Waals surface area (Å²) in [5, 5.41) is 0. The topological polar surface area (TPSA) is 0 Å². The largest absolute Gasteiger partial charge is 0.0622 e. The van der Waals surface area contributed by atoms with E-state index in [2.05, 4.69) is 48.0 Å². The van der Waals surface area contributed by atoms with Gasteiger partial charge in [-0.1, -0.05) is 42.3 Å². The monoisotopic (exact) mass is 266 g/mol. The van der Waals surface area contributed by atoms with E-state index in [4.69, 9.17) is 0 Å². The van der Waals surface area contributed by atoms with Crippen LogP contribution in [0, 0.1) is 5.92 Å². The number of hydrogen-bond acceptors (Lipinski definition) is 0. The fourth-order valence-corrected chi connectivity index (χ4v) is 3.05. The predicted molar refractivity (Wildman–Crippen MR) is 69.3 cm³/mol. The first kappa shape index (κ1) is 11.2. The van der Waals surface area contributed by atoms with Gasteiger partial charge in [0.1, 0.15) is 0 Å². The minimum atomic E-state index is 0.760. The molecule has 0 aliphatic heterocycles. The highest BCUT2D eigenvalue weighted by atomic mass is 79.9. The lowest BCUT2D eigenvalue weighted by Crippen LogP contribution is -2.07. The molecule has 15 heavy (non-hydrogen) atoms. The maximum Gasteiger partial charge on any atom is 0.0178 e. The van der Waals surface area contributed by atoms with Crippen LogP contribution in [0.2, 0.25) is 0 Å². The SMILES string of the molecule is CC(C)C1CCCCc2ccc(Br)cc21. The van der Waals surface area contributed by atoms with Gasteiger partial charge in [-0.15, -0.1) is 0 Å². The van der Waals surface area contributed by atoms with Crippen LogP contribution < -0.4 is 0 Å². The Morgan fingerprint density at radius 3 is 2.80 bits per heavy atom. The molecule has 0 aromatic heterocycles. The Morgan fingerprint density at radius 1 is 1.27 bits per heavy atom. The Hall–Kier alpha value is -0.300. The van der Waals surface area contributed by atoms with Crippen LogP contribution in [0.15, 0.2) is 22.7 Å². The number of fused-ring (bicyclic) bond motifs is 1. The molecule has 1 unspecified atom stereocenters. The zero-order chi connectivity index (χ0) is 10.8. The number of rotatable bonds is 1. The molecule has 0 heterocycles. The first-order valence-electron chi connectivity index (χ1n) is 5.97. The van der Waals surface area contributed by atoms with Crippen molar-refractivity contribution >= 4 is 15.9 Å². The van der Waals surface area contributed by atoms with Crippen molar-refractivity contribution in [3.05, 3.63) is 33.8 Å². The highest BCUT2D eigenvalue weighted by Gasteiger charge is 2.21. The van der Waals surface area contributed by atoms with Crippen molar-refractivity contribution in [3.63, 3.8) is 0 Å². The van der Waals surface area contributed by atoms with E-state index < -0.39 is 0 Å². The number of hydrogen-bond donors (Lipinski definition) is 0. The first-order valence-corrected chi connectivity index (χ1v) is 6.76. The highest BCUT2D eigenvalue weighted by Crippen LogP contribution is 2.36. The van der Waals surface area contributed by atoms with E-state index in [9.17, 15) is 0 Å². The molecular formula is C14H19Br. The van der Waals surface area contributed by atoms with Gasteiger partial charge >= 0.3 is 0 Å². The van der Waals surface area contributed by atoms with Crippen LogP contribution in [-0.4, -0.2) is 0 Å². The Bertz CT molecular complexity index is 341. The molecule has 0 N–H and O–H groups in total. The summed E-state index contributed by atoms with van der Waals surface area (Å²) in [5.74, 6) is 1.52. The van der Waals surface area contributed by atoms with Gasteiger partial charge in [0.2, 0.25) is 0 Å². The lowest BCUT2D eigenvalue weighted by molar-refractivity contribution is 0.460. The molecule has 0 nitrogen and oxygen atoms in total. The zero-order valence-corrected chi connectivity index (χ0v) is 11.2. The van der Waals surface area contributed by atoms with Crippen LogP contribution >= 0.6 is 15.9 Å². The smallest absolute Gasteiger partial charge is 0.0178 e. The van der Waals surface area contributed by atoms with Crippen molar-refractivity contribution in [2.24, 2.45) is 5.92 Å². The molecule has 0 fully saturated rings. The normalized spacial score (nSPS) is 21.2. The van der Waals surface area contributed by atoms with Crippen LogP contribution in [-0.2, 0) is 6.42 Å². The second-order valence-electron chi connectivity index (χ2n) is 4.94.